The standard InChI is InChI=1S/C23H27NO6/c1-23(2,3)30-22(27)24-11-9-14(10-12-24)20(25)28-15-7-8-17-16-5-4-6-18(16)21(26)29-19(17)13-15/h7-8,13-14H,4-6,9-12H2,1-3H3. The Morgan fingerprint density at radius 1 is 1.10 bits per heavy atom. The first kappa shape index (κ1) is 20.4. The van der Waals surface area contributed by atoms with Crippen molar-refractivity contribution < 1.29 is 23.5 Å². The van der Waals surface area contributed by atoms with Gasteiger partial charge in [-0.3, -0.25) is 4.79 Å². The minimum absolute atomic E-state index is 0.286. The van der Waals surface area contributed by atoms with Crippen molar-refractivity contribution in [3.8, 4) is 5.75 Å². The van der Waals surface area contributed by atoms with E-state index in [1.165, 1.54) is 0 Å². The number of hydrogen-bond donors (Lipinski definition) is 0. The van der Waals surface area contributed by atoms with Crippen LogP contribution in [0, 0.1) is 5.92 Å². The number of benzene rings is 1. The summed E-state index contributed by atoms with van der Waals surface area (Å²) in [6.07, 6.45) is 3.27. The number of rotatable bonds is 2. The Hall–Kier alpha value is -2.83. The minimum Gasteiger partial charge on any atom is -0.444 e. The van der Waals surface area contributed by atoms with Crippen LogP contribution in [0.3, 0.4) is 0 Å². The van der Waals surface area contributed by atoms with E-state index in [2.05, 4.69) is 0 Å². The summed E-state index contributed by atoms with van der Waals surface area (Å²) in [6, 6.07) is 5.22. The fourth-order valence-corrected chi connectivity index (χ4v) is 4.15. The zero-order valence-corrected chi connectivity index (χ0v) is 17.7. The molecule has 1 aromatic carbocycles. The molecule has 0 bridgehead atoms. The number of aryl methyl sites for hydroxylation is 1. The van der Waals surface area contributed by atoms with Crippen LogP contribution in [0.5, 0.6) is 5.75 Å². The van der Waals surface area contributed by atoms with Crippen molar-refractivity contribution in [2.45, 2.75) is 58.5 Å². The van der Waals surface area contributed by atoms with Crippen molar-refractivity contribution in [2.75, 3.05) is 13.1 Å². The first-order chi connectivity index (χ1) is 14.2. The Morgan fingerprint density at radius 2 is 1.80 bits per heavy atom. The normalized spacial score (nSPS) is 17.1. The number of ether oxygens (including phenoxy) is 2. The van der Waals surface area contributed by atoms with Gasteiger partial charge in [0.1, 0.15) is 16.9 Å². The molecule has 0 N–H and O–H groups in total. The second-order valence-electron chi connectivity index (χ2n) is 9.02. The Morgan fingerprint density at radius 3 is 2.50 bits per heavy atom. The average Bonchev–Trinajstić information content (AvgIpc) is 3.17. The van der Waals surface area contributed by atoms with E-state index >= 15 is 0 Å². The van der Waals surface area contributed by atoms with E-state index < -0.39 is 5.60 Å². The number of esters is 1. The highest BCUT2D eigenvalue weighted by Crippen LogP contribution is 2.30. The van der Waals surface area contributed by atoms with Crippen LogP contribution in [-0.4, -0.2) is 35.7 Å². The summed E-state index contributed by atoms with van der Waals surface area (Å²) in [5.74, 6) is -0.253. The maximum Gasteiger partial charge on any atom is 0.410 e. The summed E-state index contributed by atoms with van der Waals surface area (Å²) in [5.41, 5.74) is 1.43. The molecule has 1 aromatic heterocycles. The summed E-state index contributed by atoms with van der Waals surface area (Å²) < 4.78 is 16.4. The minimum atomic E-state index is -0.544. The third kappa shape index (κ3) is 4.20. The lowest BCUT2D eigenvalue weighted by atomic mass is 9.97. The Kier molecular flexibility index (Phi) is 5.30. The molecule has 1 saturated heterocycles. The molecule has 2 aromatic rings. The zero-order valence-electron chi connectivity index (χ0n) is 17.7. The summed E-state index contributed by atoms with van der Waals surface area (Å²) in [5, 5.41) is 0.910. The molecule has 0 radical (unpaired) electrons. The molecule has 2 heterocycles. The van der Waals surface area contributed by atoms with Gasteiger partial charge in [-0.25, -0.2) is 9.59 Å². The number of carbonyl (C=O) groups excluding carboxylic acids is 2. The highest BCUT2D eigenvalue weighted by Gasteiger charge is 2.31. The zero-order chi connectivity index (χ0) is 21.5. The molecule has 160 valence electrons. The maximum absolute atomic E-state index is 12.6. The van der Waals surface area contributed by atoms with Gasteiger partial charge in [-0.05, 0) is 70.6 Å². The number of likely N-dealkylation sites (tertiary alicyclic amines) is 1. The van der Waals surface area contributed by atoms with Crippen molar-refractivity contribution in [1.82, 2.24) is 4.90 Å². The highest BCUT2D eigenvalue weighted by atomic mass is 16.6. The van der Waals surface area contributed by atoms with Crippen LogP contribution in [0.1, 0.15) is 51.2 Å². The highest BCUT2D eigenvalue weighted by molar-refractivity contribution is 5.84. The number of piperidine rings is 1. The van der Waals surface area contributed by atoms with Crippen molar-refractivity contribution >= 4 is 23.0 Å². The van der Waals surface area contributed by atoms with Crippen LogP contribution >= 0.6 is 0 Å². The third-order valence-electron chi connectivity index (χ3n) is 5.64. The number of amides is 1. The molecule has 0 unspecified atom stereocenters. The predicted molar refractivity (Wildman–Crippen MR) is 111 cm³/mol. The summed E-state index contributed by atoms with van der Waals surface area (Å²) in [7, 11) is 0. The molecule has 1 amide bonds. The van der Waals surface area contributed by atoms with E-state index in [0.29, 0.717) is 37.3 Å². The van der Waals surface area contributed by atoms with E-state index in [0.717, 1.165) is 35.8 Å². The van der Waals surface area contributed by atoms with Crippen LogP contribution in [0.4, 0.5) is 4.79 Å². The van der Waals surface area contributed by atoms with Crippen molar-refractivity contribution in [2.24, 2.45) is 5.92 Å². The van der Waals surface area contributed by atoms with Crippen LogP contribution < -0.4 is 10.4 Å². The monoisotopic (exact) mass is 413 g/mol. The van der Waals surface area contributed by atoms with Gasteiger partial charge in [-0.1, -0.05) is 0 Å². The second-order valence-corrected chi connectivity index (χ2v) is 9.02. The molecular weight excluding hydrogens is 386 g/mol. The van der Waals surface area contributed by atoms with Crippen LogP contribution in [0.25, 0.3) is 11.0 Å². The van der Waals surface area contributed by atoms with E-state index in [9.17, 15) is 14.4 Å². The molecule has 4 rings (SSSR count). The first-order valence-corrected chi connectivity index (χ1v) is 10.5. The molecule has 7 heteroatoms. The maximum atomic E-state index is 12.6. The lowest BCUT2D eigenvalue weighted by Gasteiger charge is -2.32. The van der Waals surface area contributed by atoms with Gasteiger partial charge in [0.15, 0.2) is 0 Å². The van der Waals surface area contributed by atoms with Gasteiger partial charge < -0.3 is 18.8 Å². The summed E-state index contributed by atoms with van der Waals surface area (Å²) in [4.78, 5) is 38.6. The van der Waals surface area contributed by atoms with Gasteiger partial charge in [0.2, 0.25) is 0 Å². The number of nitrogens with zero attached hydrogens (tertiary/aromatic N) is 1. The van der Waals surface area contributed by atoms with Gasteiger partial charge >= 0.3 is 17.7 Å². The lowest BCUT2D eigenvalue weighted by molar-refractivity contribution is -0.140. The van der Waals surface area contributed by atoms with Gasteiger partial charge in [-0.2, -0.15) is 0 Å². The molecule has 30 heavy (non-hydrogen) atoms. The molecule has 1 aliphatic carbocycles. The number of hydrogen-bond acceptors (Lipinski definition) is 6. The predicted octanol–water partition coefficient (Wildman–Crippen LogP) is 3.83. The Balaban J connectivity index is 1.40. The lowest BCUT2D eigenvalue weighted by Crippen LogP contribution is -2.43. The summed E-state index contributed by atoms with van der Waals surface area (Å²) >= 11 is 0. The van der Waals surface area contributed by atoms with Crippen LogP contribution in [-0.2, 0) is 22.4 Å². The van der Waals surface area contributed by atoms with E-state index in [-0.39, 0.29) is 23.6 Å². The third-order valence-corrected chi connectivity index (χ3v) is 5.64. The molecule has 2 aliphatic rings. The quantitative estimate of drug-likeness (QED) is 0.422. The van der Waals surface area contributed by atoms with Gasteiger partial charge in [-0.15, -0.1) is 0 Å². The van der Waals surface area contributed by atoms with E-state index in [1.54, 1.807) is 17.0 Å². The smallest absolute Gasteiger partial charge is 0.410 e. The first-order valence-electron chi connectivity index (χ1n) is 10.5. The SMILES string of the molecule is CC(C)(C)OC(=O)N1CCC(C(=O)Oc2ccc3c4c(c(=O)oc3c2)CCC4)CC1. The van der Waals surface area contributed by atoms with Crippen molar-refractivity contribution in [1.29, 1.82) is 0 Å². The largest absolute Gasteiger partial charge is 0.444 e. The Labute approximate surface area is 174 Å². The van der Waals surface area contributed by atoms with Crippen LogP contribution in [0.15, 0.2) is 27.4 Å². The van der Waals surface area contributed by atoms with Gasteiger partial charge in [0.05, 0.1) is 5.92 Å². The van der Waals surface area contributed by atoms with Crippen molar-refractivity contribution in [3.63, 3.8) is 0 Å². The molecule has 7 nitrogen and oxygen atoms in total. The van der Waals surface area contributed by atoms with E-state index in [4.69, 9.17) is 13.9 Å². The Bertz CT molecular complexity index is 1040. The van der Waals surface area contributed by atoms with Crippen LogP contribution in [0.2, 0.25) is 0 Å². The van der Waals surface area contributed by atoms with Gasteiger partial charge in [0.25, 0.3) is 0 Å². The fraction of sp³-hybridized carbons (Fsp3) is 0.522. The van der Waals surface area contributed by atoms with Gasteiger partial charge in [0, 0.05) is 30.1 Å². The molecule has 0 atom stereocenters. The molecule has 0 saturated carbocycles. The van der Waals surface area contributed by atoms with E-state index in [1.807, 2.05) is 26.8 Å². The molecule has 1 aliphatic heterocycles. The fourth-order valence-electron chi connectivity index (χ4n) is 4.15. The summed E-state index contributed by atoms with van der Waals surface area (Å²) in [6.45, 7) is 6.39. The number of fused-ring (bicyclic) bond motifs is 3. The number of carbonyl (C=O) groups is 2. The molecule has 0 spiro atoms. The average molecular weight is 413 g/mol. The topological polar surface area (TPSA) is 86.0 Å². The van der Waals surface area contributed by atoms with Crippen molar-refractivity contribution in [3.05, 3.63) is 39.7 Å². The molecule has 1 fully saturated rings. The second kappa shape index (κ2) is 7.78. The molecular formula is C23H27NO6.